The van der Waals surface area contributed by atoms with Crippen molar-refractivity contribution in [3.05, 3.63) is 112 Å². The number of benzene rings is 3. The molecule has 3 aliphatic rings. The molecule has 1 fully saturated rings. The molecule has 244 valence electrons. The molecule has 2 aromatic heterocycles. The van der Waals surface area contributed by atoms with Crippen molar-refractivity contribution in [2.75, 3.05) is 0 Å². The molecular formula is C34H24F6N6O2. The van der Waals surface area contributed by atoms with Crippen molar-refractivity contribution in [1.29, 1.82) is 0 Å². The van der Waals surface area contributed by atoms with Crippen LogP contribution in [0.5, 0.6) is 0 Å². The summed E-state index contributed by atoms with van der Waals surface area (Å²) in [6.07, 6.45) is -3.26. The van der Waals surface area contributed by atoms with E-state index in [1.54, 1.807) is 42.5 Å². The second kappa shape index (κ2) is 10.9. The molecule has 8 rings (SSSR count). The number of amides is 2. The van der Waals surface area contributed by atoms with Gasteiger partial charge in [-0.25, -0.2) is 27.5 Å². The van der Waals surface area contributed by atoms with Crippen LogP contribution in [0.1, 0.15) is 68.9 Å². The molecule has 3 heterocycles. The van der Waals surface area contributed by atoms with Gasteiger partial charge < -0.3 is 10.6 Å². The number of hydrogen-bond donors (Lipinski definition) is 2. The number of alkyl halides is 4. The highest BCUT2D eigenvalue weighted by Gasteiger charge is 2.67. The van der Waals surface area contributed by atoms with E-state index in [1.165, 1.54) is 0 Å². The van der Waals surface area contributed by atoms with Gasteiger partial charge in [0.1, 0.15) is 29.6 Å². The summed E-state index contributed by atoms with van der Waals surface area (Å²) in [7, 11) is 0. The number of carbonyl (C=O) groups excluding carboxylic acids is 2. The third kappa shape index (κ3) is 4.97. The SMILES string of the molecule is O=C(Cn1nc(C(F)F)c2c1C(F)(F)[C@@H]1C[C@H]21)N[C@@H](Cc1cc(F)cc(F)c1)c1nc2ccccc2nc1-c1ccc2c(c1)C(=O)NC2. The van der Waals surface area contributed by atoms with E-state index in [2.05, 4.69) is 15.7 Å². The fraction of sp³-hybridized carbons (Fsp3) is 0.265. The van der Waals surface area contributed by atoms with E-state index in [-0.39, 0.29) is 41.3 Å². The second-order valence-corrected chi connectivity index (χ2v) is 12.3. The van der Waals surface area contributed by atoms with Gasteiger partial charge in [-0.2, -0.15) is 13.9 Å². The van der Waals surface area contributed by atoms with Gasteiger partial charge in [-0.15, -0.1) is 0 Å². The molecule has 0 radical (unpaired) electrons. The predicted octanol–water partition coefficient (Wildman–Crippen LogP) is 6.26. The minimum absolute atomic E-state index is 0.0671. The summed E-state index contributed by atoms with van der Waals surface area (Å²) >= 11 is 0. The van der Waals surface area contributed by atoms with Gasteiger partial charge in [0.05, 0.1) is 28.5 Å². The van der Waals surface area contributed by atoms with Gasteiger partial charge in [-0.3, -0.25) is 14.3 Å². The molecule has 1 aliphatic heterocycles. The highest BCUT2D eigenvalue weighted by atomic mass is 19.3. The molecule has 0 bridgehead atoms. The molecule has 14 heteroatoms. The molecule has 3 aromatic carbocycles. The molecule has 8 nitrogen and oxygen atoms in total. The molecule has 3 atom stereocenters. The van der Waals surface area contributed by atoms with E-state index in [0.29, 0.717) is 39.5 Å². The average Bonchev–Trinajstić information content (AvgIpc) is 3.55. The minimum atomic E-state index is -3.43. The number of fused-ring (bicyclic) bond motifs is 5. The Morgan fingerprint density at radius 1 is 1.00 bits per heavy atom. The summed E-state index contributed by atoms with van der Waals surface area (Å²) in [6, 6.07) is 13.7. The lowest BCUT2D eigenvalue weighted by Crippen LogP contribution is -2.35. The zero-order valence-corrected chi connectivity index (χ0v) is 24.8. The topological polar surface area (TPSA) is 102 Å². The van der Waals surface area contributed by atoms with Crippen LogP contribution in [0.25, 0.3) is 22.3 Å². The van der Waals surface area contributed by atoms with Gasteiger partial charge in [-0.05, 0) is 60.2 Å². The molecule has 1 saturated carbocycles. The molecule has 2 aliphatic carbocycles. The third-order valence-electron chi connectivity index (χ3n) is 9.15. The maximum Gasteiger partial charge on any atom is 0.293 e. The van der Waals surface area contributed by atoms with Crippen LogP contribution < -0.4 is 10.6 Å². The standard InChI is InChI=1S/C34H24F6N6O2/c35-18-7-15(8-19(36)11-18)9-25(42-26(47)14-46-31-27(30(45-46)32(37)38)21-12-22(21)34(31,39)40)29-28(43-23-3-1-2-4-24(23)44-29)16-5-6-17-13-41-33(48)20(17)10-16/h1-8,10-11,21-22,25,32H,9,12-14H2,(H,41,48)(H,42,47)/t21-,22+,25-/m0/s1. The van der Waals surface area contributed by atoms with Gasteiger partial charge >= 0.3 is 0 Å². The molecule has 0 saturated heterocycles. The Bertz CT molecular complexity index is 2150. The van der Waals surface area contributed by atoms with E-state index in [9.17, 15) is 27.2 Å². The van der Waals surface area contributed by atoms with Crippen molar-refractivity contribution in [3.8, 4) is 11.3 Å². The van der Waals surface area contributed by atoms with Crippen molar-refractivity contribution >= 4 is 22.8 Å². The van der Waals surface area contributed by atoms with E-state index < -0.39 is 65.7 Å². The normalized spacial score (nSPS) is 19.2. The van der Waals surface area contributed by atoms with Gasteiger partial charge in [0.15, 0.2) is 0 Å². The summed E-state index contributed by atoms with van der Waals surface area (Å²) in [4.78, 5) is 35.7. The van der Waals surface area contributed by atoms with E-state index in [0.717, 1.165) is 17.7 Å². The van der Waals surface area contributed by atoms with Crippen LogP contribution in [-0.2, 0) is 30.2 Å². The van der Waals surface area contributed by atoms with Crippen molar-refractivity contribution in [1.82, 2.24) is 30.4 Å². The molecule has 5 aromatic rings. The number of nitrogens with zero attached hydrogens (tertiary/aromatic N) is 4. The lowest BCUT2D eigenvalue weighted by atomic mass is 9.96. The van der Waals surface area contributed by atoms with Crippen molar-refractivity contribution < 1.29 is 35.9 Å². The number of hydrogen-bond acceptors (Lipinski definition) is 5. The Kier molecular flexibility index (Phi) is 6.83. The van der Waals surface area contributed by atoms with Crippen LogP contribution in [0, 0.1) is 17.6 Å². The fourth-order valence-electron chi connectivity index (χ4n) is 6.96. The van der Waals surface area contributed by atoms with Crippen molar-refractivity contribution in [2.45, 2.75) is 50.2 Å². The Morgan fingerprint density at radius 3 is 2.46 bits per heavy atom. The first-order chi connectivity index (χ1) is 23.0. The quantitative estimate of drug-likeness (QED) is 0.191. The summed E-state index contributed by atoms with van der Waals surface area (Å²) in [6.45, 7) is -0.479. The van der Waals surface area contributed by atoms with Crippen LogP contribution in [0.3, 0.4) is 0 Å². The number of aromatic nitrogens is 4. The average molecular weight is 663 g/mol. The van der Waals surface area contributed by atoms with Gasteiger partial charge in [0.25, 0.3) is 18.3 Å². The van der Waals surface area contributed by atoms with Crippen LogP contribution >= 0.6 is 0 Å². The van der Waals surface area contributed by atoms with Crippen molar-refractivity contribution in [3.63, 3.8) is 0 Å². The summed E-state index contributed by atoms with van der Waals surface area (Å²) in [5.41, 5.74) is 1.45. The minimum Gasteiger partial charge on any atom is -0.348 e. The van der Waals surface area contributed by atoms with Gasteiger partial charge in [0.2, 0.25) is 5.91 Å². The number of para-hydroxylation sites is 2. The monoisotopic (exact) mass is 662 g/mol. The number of carbonyl (C=O) groups is 2. The van der Waals surface area contributed by atoms with E-state index in [4.69, 9.17) is 9.97 Å². The third-order valence-corrected chi connectivity index (χ3v) is 9.15. The Balaban J connectivity index is 1.22. The van der Waals surface area contributed by atoms with Crippen LogP contribution in [0.2, 0.25) is 0 Å². The largest absolute Gasteiger partial charge is 0.348 e. The number of halogens is 6. The Hall–Kier alpha value is -5.27. The first-order valence-electron chi connectivity index (χ1n) is 15.2. The van der Waals surface area contributed by atoms with Crippen LogP contribution in [0.4, 0.5) is 26.3 Å². The maximum atomic E-state index is 15.2. The summed E-state index contributed by atoms with van der Waals surface area (Å²) < 4.78 is 87.4. The first kappa shape index (κ1) is 30.1. The fourth-order valence-corrected chi connectivity index (χ4v) is 6.96. The molecule has 2 N–H and O–H groups in total. The van der Waals surface area contributed by atoms with Gasteiger partial charge in [-0.1, -0.05) is 24.3 Å². The lowest BCUT2D eigenvalue weighted by molar-refractivity contribution is -0.123. The highest BCUT2D eigenvalue weighted by Crippen LogP contribution is 2.68. The molecule has 0 spiro atoms. The van der Waals surface area contributed by atoms with Gasteiger partial charge in [0, 0.05) is 35.2 Å². The predicted molar refractivity (Wildman–Crippen MR) is 159 cm³/mol. The van der Waals surface area contributed by atoms with Crippen molar-refractivity contribution in [2.24, 2.45) is 5.92 Å². The smallest absolute Gasteiger partial charge is 0.293 e. The Morgan fingerprint density at radius 2 is 1.73 bits per heavy atom. The molecular weight excluding hydrogens is 638 g/mol. The lowest BCUT2D eigenvalue weighted by Gasteiger charge is -2.22. The van der Waals surface area contributed by atoms with Crippen LogP contribution in [0.15, 0.2) is 60.7 Å². The molecule has 0 unspecified atom stereocenters. The molecule has 48 heavy (non-hydrogen) atoms. The Labute approximate surface area is 268 Å². The summed E-state index contributed by atoms with van der Waals surface area (Å²) in [5.74, 6) is -8.18. The summed E-state index contributed by atoms with van der Waals surface area (Å²) in [5, 5.41) is 9.21. The number of nitrogens with one attached hydrogen (secondary N) is 2. The van der Waals surface area contributed by atoms with Crippen LogP contribution in [-0.4, -0.2) is 31.6 Å². The number of rotatable bonds is 8. The maximum absolute atomic E-state index is 15.2. The highest BCUT2D eigenvalue weighted by molar-refractivity contribution is 5.99. The zero-order valence-electron chi connectivity index (χ0n) is 24.8. The second-order valence-electron chi connectivity index (χ2n) is 12.3. The van der Waals surface area contributed by atoms with E-state index in [1.807, 2.05) is 0 Å². The molecule has 2 amide bonds. The zero-order chi connectivity index (χ0) is 33.5. The van der Waals surface area contributed by atoms with E-state index >= 15 is 8.78 Å². The first-order valence-corrected chi connectivity index (χ1v) is 15.2.